The highest BCUT2D eigenvalue weighted by Gasteiger charge is 2.30. The number of ether oxygens (including phenoxy) is 2. The topological polar surface area (TPSA) is 108 Å². The van der Waals surface area contributed by atoms with Crippen molar-refractivity contribution >= 4 is 17.5 Å². The van der Waals surface area contributed by atoms with Crippen LogP contribution in [0.3, 0.4) is 0 Å². The van der Waals surface area contributed by atoms with Crippen molar-refractivity contribution in [3.8, 4) is 5.75 Å². The Kier molecular flexibility index (Phi) is 4.80. The first-order valence-electron chi connectivity index (χ1n) is 7.70. The Hall–Kier alpha value is -3.13. The molecule has 1 heterocycles. The molecule has 1 aliphatic heterocycles. The number of benzene rings is 2. The van der Waals surface area contributed by atoms with E-state index < -0.39 is 11.0 Å². The van der Waals surface area contributed by atoms with Gasteiger partial charge in [0.25, 0.3) is 5.69 Å². The highest BCUT2D eigenvalue weighted by atomic mass is 16.6. The monoisotopic (exact) mass is 343 g/mol. The Morgan fingerprint density at radius 2 is 1.88 bits per heavy atom. The van der Waals surface area contributed by atoms with E-state index >= 15 is 0 Å². The molecule has 0 saturated carbocycles. The van der Waals surface area contributed by atoms with Crippen LogP contribution in [0.25, 0.3) is 0 Å². The van der Waals surface area contributed by atoms with Gasteiger partial charge in [0.15, 0.2) is 0 Å². The molecule has 2 aromatic rings. The van der Waals surface area contributed by atoms with Crippen LogP contribution < -0.4 is 10.5 Å². The van der Waals surface area contributed by atoms with Gasteiger partial charge in [0.1, 0.15) is 5.75 Å². The number of nitrogens with two attached hydrogens (primary N) is 1. The van der Waals surface area contributed by atoms with E-state index in [0.717, 1.165) is 5.56 Å². The summed E-state index contributed by atoms with van der Waals surface area (Å²) in [4.78, 5) is 24.3. The summed E-state index contributed by atoms with van der Waals surface area (Å²) >= 11 is 0. The summed E-state index contributed by atoms with van der Waals surface area (Å²) in [6.07, 6.45) is -0.529. The Morgan fingerprint density at radius 3 is 2.52 bits per heavy atom. The number of non-ortho nitro benzene ring substituents is 1. The highest BCUT2D eigenvalue weighted by molar-refractivity contribution is 5.71. The summed E-state index contributed by atoms with van der Waals surface area (Å²) < 4.78 is 10.8. The lowest BCUT2D eigenvalue weighted by molar-refractivity contribution is -0.384. The summed E-state index contributed by atoms with van der Waals surface area (Å²) in [6, 6.07) is 12.3. The maximum Gasteiger partial charge on any atom is 0.415 e. The van der Waals surface area contributed by atoms with E-state index in [1.165, 1.54) is 24.3 Å². The summed E-state index contributed by atoms with van der Waals surface area (Å²) in [6.45, 7) is 1.17. The third-order valence-corrected chi connectivity index (χ3v) is 3.94. The maximum atomic E-state index is 12.5. The number of nitrogen functional groups attached to an aromatic ring is 1. The average Bonchev–Trinajstić information content (AvgIpc) is 2.63. The van der Waals surface area contributed by atoms with Gasteiger partial charge in [0.05, 0.1) is 24.2 Å². The molecule has 8 heteroatoms. The summed E-state index contributed by atoms with van der Waals surface area (Å²) in [5.41, 5.74) is 7.17. The molecule has 0 bridgehead atoms. The molecule has 2 aromatic carbocycles. The van der Waals surface area contributed by atoms with Crippen LogP contribution >= 0.6 is 0 Å². The molecule has 0 spiro atoms. The largest absolute Gasteiger partial charge is 0.415 e. The van der Waals surface area contributed by atoms with E-state index in [9.17, 15) is 14.9 Å². The van der Waals surface area contributed by atoms with Crippen molar-refractivity contribution in [3.05, 3.63) is 64.2 Å². The molecule has 25 heavy (non-hydrogen) atoms. The van der Waals surface area contributed by atoms with Gasteiger partial charge in [-0.1, -0.05) is 12.1 Å². The number of morpholine rings is 1. The quantitative estimate of drug-likeness (QED) is 0.521. The van der Waals surface area contributed by atoms with Gasteiger partial charge in [0, 0.05) is 24.4 Å². The second-order valence-corrected chi connectivity index (χ2v) is 5.57. The molecule has 0 radical (unpaired) electrons. The van der Waals surface area contributed by atoms with E-state index in [1.54, 1.807) is 17.0 Å². The zero-order valence-corrected chi connectivity index (χ0v) is 13.3. The molecule has 1 saturated heterocycles. The fourth-order valence-electron chi connectivity index (χ4n) is 2.61. The van der Waals surface area contributed by atoms with Crippen molar-refractivity contribution in [2.24, 2.45) is 0 Å². The molecule has 0 aliphatic carbocycles. The van der Waals surface area contributed by atoms with Gasteiger partial charge < -0.3 is 15.2 Å². The number of nitro benzene ring substituents is 1. The molecule has 1 atom stereocenters. The van der Waals surface area contributed by atoms with Gasteiger partial charge in [-0.05, 0) is 29.8 Å². The fraction of sp³-hybridized carbons (Fsp3) is 0.235. The molecule has 1 aliphatic rings. The van der Waals surface area contributed by atoms with E-state index in [2.05, 4.69) is 0 Å². The van der Waals surface area contributed by atoms with Gasteiger partial charge in [-0.15, -0.1) is 0 Å². The summed E-state index contributed by atoms with van der Waals surface area (Å²) in [7, 11) is 0. The van der Waals surface area contributed by atoms with Crippen LogP contribution in [0.15, 0.2) is 48.5 Å². The lowest BCUT2D eigenvalue weighted by Crippen LogP contribution is -2.44. The number of rotatable bonds is 3. The molecule has 3 rings (SSSR count). The fourth-order valence-corrected chi connectivity index (χ4v) is 2.61. The molecule has 1 amide bonds. The van der Waals surface area contributed by atoms with Gasteiger partial charge in [-0.3, -0.25) is 15.0 Å². The summed E-state index contributed by atoms with van der Waals surface area (Å²) in [5.74, 6) is 0.248. The van der Waals surface area contributed by atoms with Crippen molar-refractivity contribution in [2.75, 3.05) is 25.5 Å². The standard InChI is InChI=1S/C17H17N3O5/c18-13-3-1-12(2-4-13)16-11-24-10-9-19(16)17(21)25-15-7-5-14(6-8-15)20(22)23/h1-8,16H,9-11,18H2. The minimum Gasteiger partial charge on any atom is -0.410 e. The number of amides is 1. The molecule has 1 unspecified atom stereocenters. The van der Waals surface area contributed by atoms with Gasteiger partial charge in [0.2, 0.25) is 0 Å². The molecular formula is C17H17N3O5. The number of nitrogens with zero attached hydrogens (tertiary/aromatic N) is 2. The first kappa shape index (κ1) is 16.7. The van der Waals surface area contributed by atoms with Gasteiger partial charge >= 0.3 is 6.09 Å². The molecular weight excluding hydrogens is 326 g/mol. The molecule has 2 N–H and O–H groups in total. The van der Waals surface area contributed by atoms with Crippen LogP contribution in [0.2, 0.25) is 0 Å². The normalized spacial score (nSPS) is 17.1. The van der Waals surface area contributed by atoms with E-state index in [4.69, 9.17) is 15.2 Å². The van der Waals surface area contributed by atoms with Crippen molar-refractivity contribution < 1.29 is 19.2 Å². The average molecular weight is 343 g/mol. The third kappa shape index (κ3) is 3.86. The van der Waals surface area contributed by atoms with Crippen LogP contribution in [0, 0.1) is 10.1 Å². The number of hydrogen-bond donors (Lipinski definition) is 1. The first-order valence-corrected chi connectivity index (χ1v) is 7.70. The lowest BCUT2D eigenvalue weighted by Gasteiger charge is -2.35. The second-order valence-electron chi connectivity index (χ2n) is 5.57. The van der Waals surface area contributed by atoms with Crippen molar-refractivity contribution in [1.82, 2.24) is 4.90 Å². The van der Waals surface area contributed by atoms with Crippen LogP contribution in [-0.4, -0.2) is 35.7 Å². The SMILES string of the molecule is Nc1ccc(C2COCCN2C(=O)Oc2ccc([N+](=O)[O-])cc2)cc1. The number of carbonyl (C=O) groups is 1. The Labute approximate surface area is 143 Å². The Bertz CT molecular complexity index is 761. The van der Waals surface area contributed by atoms with E-state index in [1.807, 2.05) is 12.1 Å². The molecule has 0 aromatic heterocycles. The predicted octanol–water partition coefficient (Wildman–Crippen LogP) is 2.75. The second kappa shape index (κ2) is 7.18. The van der Waals surface area contributed by atoms with Crippen molar-refractivity contribution in [2.45, 2.75) is 6.04 Å². The van der Waals surface area contributed by atoms with E-state index in [0.29, 0.717) is 25.4 Å². The predicted molar refractivity (Wildman–Crippen MR) is 90.2 cm³/mol. The van der Waals surface area contributed by atoms with Gasteiger partial charge in [-0.2, -0.15) is 0 Å². The highest BCUT2D eigenvalue weighted by Crippen LogP contribution is 2.26. The molecule has 8 nitrogen and oxygen atoms in total. The molecule has 130 valence electrons. The van der Waals surface area contributed by atoms with Crippen molar-refractivity contribution in [3.63, 3.8) is 0 Å². The number of nitro groups is 1. The Morgan fingerprint density at radius 1 is 1.20 bits per heavy atom. The number of anilines is 1. The van der Waals surface area contributed by atoms with Crippen molar-refractivity contribution in [1.29, 1.82) is 0 Å². The van der Waals surface area contributed by atoms with Crippen LogP contribution in [0.1, 0.15) is 11.6 Å². The maximum absolute atomic E-state index is 12.5. The third-order valence-electron chi connectivity index (χ3n) is 3.94. The van der Waals surface area contributed by atoms with Gasteiger partial charge in [-0.25, -0.2) is 4.79 Å². The van der Waals surface area contributed by atoms with E-state index in [-0.39, 0.29) is 17.5 Å². The zero-order valence-electron chi connectivity index (χ0n) is 13.3. The number of hydrogen-bond acceptors (Lipinski definition) is 6. The van der Waals surface area contributed by atoms with Crippen LogP contribution in [-0.2, 0) is 4.74 Å². The Balaban J connectivity index is 1.74. The minimum absolute atomic E-state index is 0.0640. The minimum atomic E-state index is -0.529. The first-order chi connectivity index (χ1) is 12.0. The number of carbonyl (C=O) groups excluding carboxylic acids is 1. The van der Waals surface area contributed by atoms with Crippen LogP contribution in [0.5, 0.6) is 5.75 Å². The smallest absolute Gasteiger partial charge is 0.410 e. The molecule has 1 fully saturated rings. The van der Waals surface area contributed by atoms with Crippen LogP contribution in [0.4, 0.5) is 16.2 Å². The summed E-state index contributed by atoms with van der Waals surface area (Å²) in [5, 5.41) is 10.7. The lowest BCUT2D eigenvalue weighted by atomic mass is 10.1. The zero-order chi connectivity index (χ0) is 17.8.